The van der Waals surface area contributed by atoms with Gasteiger partial charge in [0.15, 0.2) is 5.84 Å². The van der Waals surface area contributed by atoms with E-state index in [1.807, 2.05) is 4.90 Å². The summed E-state index contributed by atoms with van der Waals surface area (Å²) in [6.07, 6.45) is 7.12. The second kappa shape index (κ2) is 5.83. The molecule has 1 aliphatic heterocycles. The van der Waals surface area contributed by atoms with E-state index in [4.69, 9.17) is 10.9 Å². The highest BCUT2D eigenvalue weighted by Gasteiger charge is 2.46. The number of rotatable bonds is 3. The maximum absolute atomic E-state index is 13.0. The molecule has 0 atom stereocenters. The molecular weight excluding hydrogens is 268 g/mol. The Bertz CT molecular complexity index is 419. The highest BCUT2D eigenvalue weighted by Crippen LogP contribution is 2.39. The molecule has 0 aromatic rings. The number of nitrogens with zero attached hydrogens (tertiary/aromatic N) is 3. The summed E-state index contributed by atoms with van der Waals surface area (Å²) in [6, 6.07) is 0.759. The summed E-state index contributed by atoms with van der Waals surface area (Å²) in [5, 5.41) is 12.3. The van der Waals surface area contributed by atoms with Crippen molar-refractivity contribution in [2.45, 2.75) is 51.0 Å². The molecule has 0 spiro atoms. The van der Waals surface area contributed by atoms with Gasteiger partial charge < -0.3 is 15.8 Å². The molecule has 6 nitrogen and oxygen atoms in total. The zero-order valence-corrected chi connectivity index (χ0v) is 12.6. The van der Waals surface area contributed by atoms with Gasteiger partial charge in [0.2, 0.25) is 5.91 Å². The Kier molecular flexibility index (Phi) is 4.06. The Labute approximate surface area is 125 Å². The zero-order chi connectivity index (χ0) is 14.9. The zero-order valence-electron chi connectivity index (χ0n) is 12.6. The van der Waals surface area contributed by atoms with Gasteiger partial charge in [0.1, 0.15) is 5.41 Å². The Morgan fingerprint density at radius 2 is 1.71 bits per heavy atom. The number of nitrogens with two attached hydrogens (primary N) is 1. The quantitative estimate of drug-likeness (QED) is 0.352. The van der Waals surface area contributed by atoms with E-state index in [2.05, 4.69) is 10.1 Å². The van der Waals surface area contributed by atoms with E-state index in [0.717, 1.165) is 51.5 Å². The summed E-state index contributed by atoms with van der Waals surface area (Å²) in [5.41, 5.74) is 5.16. The second-order valence-electron chi connectivity index (χ2n) is 6.69. The predicted molar refractivity (Wildman–Crippen MR) is 80.1 cm³/mol. The van der Waals surface area contributed by atoms with Crippen LogP contribution in [0.15, 0.2) is 5.16 Å². The molecule has 1 heterocycles. The number of amides is 1. The fourth-order valence-electron chi connectivity index (χ4n) is 3.86. The molecule has 1 amide bonds. The second-order valence-corrected chi connectivity index (χ2v) is 6.69. The molecule has 0 bridgehead atoms. The van der Waals surface area contributed by atoms with Crippen molar-refractivity contribution in [3.63, 3.8) is 0 Å². The number of hydrogen-bond donors (Lipinski definition) is 2. The molecule has 0 radical (unpaired) electrons. The smallest absolute Gasteiger partial charge is 0.236 e. The number of amidine groups is 1. The van der Waals surface area contributed by atoms with E-state index in [1.54, 1.807) is 0 Å². The van der Waals surface area contributed by atoms with E-state index in [9.17, 15) is 4.79 Å². The van der Waals surface area contributed by atoms with Gasteiger partial charge in [-0.3, -0.25) is 9.69 Å². The summed E-state index contributed by atoms with van der Waals surface area (Å²) in [5.74, 6) is 0.185. The largest absolute Gasteiger partial charge is 0.409 e. The number of piperazine rings is 1. The molecule has 3 aliphatic rings. The summed E-state index contributed by atoms with van der Waals surface area (Å²) < 4.78 is 0. The molecule has 3 fully saturated rings. The molecule has 3 rings (SSSR count). The van der Waals surface area contributed by atoms with Gasteiger partial charge in [0.05, 0.1) is 0 Å². The molecule has 6 heteroatoms. The first kappa shape index (κ1) is 14.6. The van der Waals surface area contributed by atoms with Gasteiger partial charge in [-0.1, -0.05) is 24.4 Å². The van der Waals surface area contributed by atoms with Gasteiger partial charge in [-0.15, -0.1) is 0 Å². The molecule has 2 saturated carbocycles. The topological polar surface area (TPSA) is 82.2 Å². The summed E-state index contributed by atoms with van der Waals surface area (Å²) in [4.78, 5) is 17.4. The van der Waals surface area contributed by atoms with Crippen molar-refractivity contribution in [2.75, 3.05) is 26.2 Å². The Morgan fingerprint density at radius 1 is 1.10 bits per heavy atom. The first-order chi connectivity index (χ1) is 10.2. The minimum atomic E-state index is -0.755. The van der Waals surface area contributed by atoms with Crippen LogP contribution in [-0.2, 0) is 4.79 Å². The maximum Gasteiger partial charge on any atom is 0.236 e. The van der Waals surface area contributed by atoms with Crippen LogP contribution in [0.5, 0.6) is 0 Å². The van der Waals surface area contributed by atoms with Crippen LogP contribution >= 0.6 is 0 Å². The number of oxime groups is 1. The lowest BCUT2D eigenvalue weighted by molar-refractivity contribution is -0.141. The van der Waals surface area contributed by atoms with Crippen molar-refractivity contribution in [3.05, 3.63) is 0 Å². The maximum atomic E-state index is 13.0. The van der Waals surface area contributed by atoms with Gasteiger partial charge >= 0.3 is 0 Å². The number of hydrogen-bond acceptors (Lipinski definition) is 4. The van der Waals surface area contributed by atoms with E-state index in [1.165, 1.54) is 12.8 Å². The average Bonchev–Trinajstić information content (AvgIpc) is 3.39. The first-order valence-corrected chi connectivity index (χ1v) is 8.19. The van der Waals surface area contributed by atoms with Crippen LogP contribution in [0.2, 0.25) is 0 Å². The number of carbonyl (C=O) groups is 1. The monoisotopic (exact) mass is 294 g/mol. The lowest BCUT2D eigenvalue weighted by Gasteiger charge is -2.42. The van der Waals surface area contributed by atoms with E-state index >= 15 is 0 Å². The van der Waals surface area contributed by atoms with Crippen molar-refractivity contribution in [2.24, 2.45) is 16.3 Å². The lowest BCUT2D eigenvalue weighted by Crippen LogP contribution is -2.57. The average molecular weight is 294 g/mol. The van der Waals surface area contributed by atoms with Gasteiger partial charge in [0, 0.05) is 32.2 Å². The van der Waals surface area contributed by atoms with E-state index in [0.29, 0.717) is 12.8 Å². The Balaban J connectivity index is 1.69. The van der Waals surface area contributed by atoms with Crippen molar-refractivity contribution in [1.82, 2.24) is 9.80 Å². The van der Waals surface area contributed by atoms with E-state index in [-0.39, 0.29) is 11.7 Å². The third kappa shape index (κ3) is 2.73. The van der Waals surface area contributed by atoms with Crippen molar-refractivity contribution in [1.29, 1.82) is 0 Å². The predicted octanol–water partition coefficient (Wildman–Crippen LogP) is 0.990. The van der Waals surface area contributed by atoms with Crippen LogP contribution in [0.4, 0.5) is 0 Å². The molecule has 21 heavy (non-hydrogen) atoms. The lowest BCUT2D eigenvalue weighted by atomic mass is 9.72. The standard InChI is InChI=1S/C15H26N4O2/c16-13(17-21)15(6-2-1-3-7-15)14(20)19-10-8-18(9-11-19)12-4-5-12/h12,21H,1-11H2,(H2,16,17). The first-order valence-electron chi connectivity index (χ1n) is 8.19. The highest BCUT2D eigenvalue weighted by atomic mass is 16.4. The summed E-state index contributed by atoms with van der Waals surface area (Å²) in [7, 11) is 0. The van der Waals surface area contributed by atoms with E-state index < -0.39 is 5.41 Å². The van der Waals surface area contributed by atoms with Gasteiger partial charge in [-0.05, 0) is 25.7 Å². The van der Waals surface area contributed by atoms with Crippen LogP contribution < -0.4 is 5.73 Å². The van der Waals surface area contributed by atoms with Gasteiger partial charge in [-0.2, -0.15) is 0 Å². The molecular formula is C15H26N4O2. The van der Waals surface area contributed by atoms with Crippen LogP contribution in [0.3, 0.4) is 0 Å². The molecule has 0 unspecified atom stereocenters. The van der Waals surface area contributed by atoms with Crippen molar-refractivity contribution < 1.29 is 10.0 Å². The van der Waals surface area contributed by atoms with Gasteiger partial charge in [0.25, 0.3) is 0 Å². The molecule has 0 aromatic carbocycles. The van der Waals surface area contributed by atoms with Crippen molar-refractivity contribution >= 4 is 11.7 Å². The number of carbonyl (C=O) groups excluding carboxylic acids is 1. The molecule has 118 valence electrons. The normalized spacial score (nSPS) is 27.6. The highest BCUT2D eigenvalue weighted by molar-refractivity contribution is 6.06. The molecule has 0 aromatic heterocycles. The Morgan fingerprint density at radius 3 is 2.24 bits per heavy atom. The third-order valence-electron chi connectivity index (χ3n) is 5.38. The third-order valence-corrected chi connectivity index (χ3v) is 5.38. The molecule has 2 aliphatic carbocycles. The van der Waals surface area contributed by atoms with Crippen LogP contribution in [0, 0.1) is 5.41 Å². The van der Waals surface area contributed by atoms with Crippen LogP contribution in [0.1, 0.15) is 44.9 Å². The summed E-state index contributed by atoms with van der Waals surface area (Å²) in [6.45, 7) is 3.47. The fraction of sp³-hybridized carbons (Fsp3) is 0.867. The van der Waals surface area contributed by atoms with Crippen LogP contribution in [0.25, 0.3) is 0 Å². The molecule has 1 saturated heterocycles. The Hall–Kier alpha value is -1.30. The minimum absolute atomic E-state index is 0.0768. The summed E-state index contributed by atoms with van der Waals surface area (Å²) >= 11 is 0. The SMILES string of the molecule is NC(=NO)C1(C(=O)N2CCN(C3CC3)CC2)CCCCC1. The van der Waals surface area contributed by atoms with Crippen molar-refractivity contribution in [3.8, 4) is 0 Å². The van der Waals surface area contributed by atoms with Crippen LogP contribution in [-0.4, -0.2) is 59.0 Å². The fourth-order valence-corrected chi connectivity index (χ4v) is 3.86. The molecule has 3 N–H and O–H groups in total. The minimum Gasteiger partial charge on any atom is -0.409 e. The van der Waals surface area contributed by atoms with Gasteiger partial charge in [-0.25, -0.2) is 0 Å².